The van der Waals surface area contributed by atoms with Crippen molar-refractivity contribution in [1.29, 1.82) is 0 Å². The minimum absolute atomic E-state index is 0.131. The summed E-state index contributed by atoms with van der Waals surface area (Å²) in [7, 11) is 0. The van der Waals surface area contributed by atoms with Crippen molar-refractivity contribution in [1.82, 2.24) is 4.57 Å². The summed E-state index contributed by atoms with van der Waals surface area (Å²) in [4.78, 5) is 28.4. The van der Waals surface area contributed by atoms with Gasteiger partial charge in [-0.1, -0.05) is 18.2 Å². The summed E-state index contributed by atoms with van der Waals surface area (Å²) < 4.78 is 16.9. The van der Waals surface area contributed by atoms with Crippen molar-refractivity contribution < 1.29 is 14.3 Å². The molecule has 1 saturated heterocycles. The highest BCUT2D eigenvalue weighted by Crippen LogP contribution is 2.38. The number of nitrogens with zero attached hydrogens (tertiary/aromatic N) is 3. The summed E-state index contributed by atoms with van der Waals surface area (Å²) >= 11 is 0. The Labute approximate surface area is 172 Å². The average molecular weight is 407 g/mol. The SMILES string of the molecule is O=C(O)c1cn(C2CC2)c2cc(N3CCN(c4ccccc4)CC3)c(F)cc2c1=O. The number of benzene rings is 2. The van der Waals surface area contributed by atoms with Gasteiger partial charge < -0.3 is 19.5 Å². The molecule has 2 aromatic carbocycles. The number of carbonyl (C=O) groups is 1. The molecule has 2 aliphatic rings. The number of para-hydroxylation sites is 1. The van der Waals surface area contributed by atoms with E-state index in [0.29, 0.717) is 24.3 Å². The molecule has 0 unspecified atom stereocenters. The number of rotatable bonds is 4. The lowest BCUT2D eigenvalue weighted by atomic mass is 10.1. The Balaban J connectivity index is 1.51. The Kier molecular flexibility index (Phi) is 4.46. The van der Waals surface area contributed by atoms with Crippen LogP contribution in [0, 0.1) is 5.82 Å². The lowest BCUT2D eigenvalue weighted by Gasteiger charge is -2.37. The Morgan fingerprint density at radius 2 is 1.67 bits per heavy atom. The summed E-state index contributed by atoms with van der Waals surface area (Å²) in [5.41, 5.74) is 1.29. The minimum atomic E-state index is -1.28. The molecule has 30 heavy (non-hydrogen) atoms. The second-order valence-corrected chi connectivity index (χ2v) is 7.95. The van der Waals surface area contributed by atoms with Crippen LogP contribution in [-0.4, -0.2) is 41.8 Å². The molecule has 1 saturated carbocycles. The van der Waals surface area contributed by atoms with Crippen LogP contribution < -0.4 is 15.2 Å². The van der Waals surface area contributed by atoms with E-state index in [1.54, 1.807) is 6.07 Å². The number of anilines is 2. The number of piperazine rings is 1. The number of hydrogen-bond donors (Lipinski definition) is 1. The molecule has 2 fully saturated rings. The third-order valence-corrected chi connectivity index (χ3v) is 6.01. The first-order chi connectivity index (χ1) is 14.5. The van der Waals surface area contributed by atoms with Gasteiger partial charge in [-0.15, -0.1) is 0 Å². The van der Waals surface area contributed by atoms with Crippen LogP contribution in [0.4, 0.5) is 15.8 Å². The third kappa shape index (κ3) is 3.20. The Morgan fingerprint density at radius 3 is 2.30 bits per heavy atom. The van der Waals surface area contributed by atoms with E-state index in [4.69, 9.17) is 0 Å². The normalized spacial score (nSPS) is 16.8. The van der Waals surface area contributed by atoms with E-state index in [9.17, 15) is 14.7 Å². The second-order valence-electron chi connectivity index (χ2n) is 7.95. The Hall–Kier alpha value is -3.35. The van der Waals surface area contributed by atoms with Gasteiger partial charge in [0.15, 0.2) is 0 Å². The van der Waals surface area contributed by atoms with Crippen molar-refractivity contribution in [3.8, 4) is 0 Å². The predicted octanol–water partition coefficient (Wildman–Crippen LogP) is 3.50. The zero-order chi connectivity index (χ0) is 20.8. The number of hydrogen-bond acceptors (Lipinski definition) is 4. The maximum atomic E-state index is 15.0. The summed E-state index contributed by atoms with van der Waals surface area (Å²) in [6.07, 6.45) is 3.28. The summed E-state index contributed by atoms with van der Waals surface area (Å²) in [6, 6.07) is 13.2. The van der Waals surface area contributed by atoms with Crippen molar-refractivity contribution in [3.63, 3.8) is 0 Å². The maximum absolute atomic E-state index is 15.0. The molecule has 154 valence electrons. The van der Waals surface area contributed by atoms with Gasteiger partial charge in [-0.2, -0.15) is 0 Å². The highest BCUT2D eigenvalue weighted by molar-refractivity contribution is 5.93. The standard InChI is InChI=1S/C23H22FN3O3/c24-19-12-17-20(27(16-6-7-16)14-18(22(17)28)23(29)30)13-21(19)26-10-8-25(9-11-26)15-4-2-1-3-5-15/h1-5,12-14,16H,6-11H2,(H,29,30). The lowest BCUT2D eigenvalue weighted by Crippen LogP contribution is -2.46. The molecule has 0 bridgehead atoms. The van der Waals surface area contributed by atoms with Crippen LogP contribution in [-0.2, 0) is 0 Å². The van der Waals surface area contributed by atoms with E-state index in [1.807, 2.05) is 27.7 Å². The van der Waals surface area contributed by atoms with E-state index in [0.717, 1.165) is 31.6 Å². The Bertz CT molecular complexity index is 1180. The predicted molar refractivity (Wildman–Crippen MR) is 114 cm³/mol. The average Bonchev–Trinajstić information content (AvgIpc) is 3.60. The maximum Gasteiger partial charge on any atom is 0.341 e. The van der Waals surface area contributed by atoms with Crippen molar-refractivity contribution in [2.75, 3.05) is 36.0 Å². The van der Waals surface area contributed by atoms with Crippen LogP contribution in [0.5, 0.6) is 0 Å². The topological polar surface area (TPSA) is 65.8 Å². The van der Waals surface area contributed by atoms with Gasteiger partial charge in [-0.3, -0.25) is 4.79 Å². The van der Waals surface area contributed by atoms with Gasteiger partial charge in [0.1, 0.15) is 11.4 Å². The van der Waals surface area contributed by atoms with E-state index >= 15 is 4.39 Å². The molecule has 0 amide bonds. The summed E-state index contributed by atoms with van der Waals surface area (Å²) in [5, 5.41) is 9.51. The Morgan fingerprint density at radius 1 is 1.00 bits per heavy atom. The van der Waals surface area contributed by atoms with Crippen molar-refractivity contribution >= 4 is 28.2 Å². The van der Waals surface area contributed by atoms with Crippen LogP contribution in [0.15, 0.2) is 53.5 Å². The fourth-order valence-electron chi connectivity index (χ4n) is 4.25. The molecule has 2 heterocycles. The molecule has 0 spiro atoms. The molecule has 7 heteroatoms. The van der Waals surface area contributed by atoms with Gasteiger partial charge in [0.25, 0.3) is 0 Å². The van der Waals surface area contributed by atoms with E-state index in [2.05, 4.69) is 17.0 Å². The van der Waals surface area contributed by atoms with Crippen molar-refractivity contribution in [2.45, 2.75) is 18.9 Å². The van der Waals surface area contributed by atoms with Gasteiger partial charge in [0.2, 0.25) is 5.43 Å². The van der Waals surface area contributed by atoms with Crippen molar-refractivity contribution in [3.05, 3.63) is 70.3 Å². The zero-order valence-corrected chi connectivity index (χ0v) is 16.4. The monoisotopic (exact) mass is 407 g/mol. The first kappa shape index (κ1) is 18.7. The van der Waals surface area contributed by atoms with E-state index < -0.39 is 17.2 Å². The number of carboxylic acids is 1. The van der Waals surface area contributed by atoms with Crippen LogP contribution in [0.3, 0.4) is 0 Å². The van der Waals surface area contributed by atoms with Crippen LogP contribution in [0.1, 0.15) is 29.2 Å². The first-order valence-corrected chi connectivity index (χ1v) is 10.2. The number of carboxylic acid groups (broad SMARTS) is 1. The zero-order valence-electron chi connectivity index (χ0n) is 16.4. The summed E-state index contributed by atoms with van der Waals surface area (Å²) in [6.45, 7) is 2.88. The number of aromatic carboxylic acids is 1. The molecule has 1 aliphatic heterocycles. The van der Waals surface area contributed by atoms with Gasteiger partial charge in [0, 0.05) is 49.5 Å². The molecule has 1 N–H and O–H groups in total. The smallest absolute Gasteiger partial charge is 0.341 e. The summed E-state index contributed by atoms with van der Waals surface area (Å²) in [5.74, 6) is -1.77. The number of fused-ring (bicyclic) bond motifs is 1. The molecule has 1 aromatic heterocycles. The highest BCUT2D eigenvalue weighted by atomic mass is 19.1. The largest absolute Gasteiger partial charge is 0.477 e. The molecule has 6 nitrogen and oxygen atoms in total. The van der Waals surface area contributed by atoms with Crippen LogP contribution in [0.25, 0.3) is 10.9 Å². The number of halogens is 1. The molecule has 0 radical (unpaired) electrons. The molecule has 5 rings (SSSR count). The lowest BCUT2D eigenvalue weighted by molar-refractivity contribution is 0.0695. The molecular formula is C23H22FN3O3. The molecule has 1 aliphatic carbocycles. The third-order valence-electron chi connectivity index (χ3n) is 6.01. The van der Waals surface area contributed by atoms with E-state index in [1.165, 1.54) is 12.3 Å². The van der Waals surface area contributed by atoms with Crippen LogP contribution in [0.2, 0.25) is 0 Å². The van der Waals surface area contributed by atoms with Crippen LogP contribution >= 0.6 is 0 Å². The van der Waals surface area contributed by atoms with Gasteiger partial charge in [0.05, 0.1) is 11.2 Å². The second kappa shape index (κ2) is 7.16. The van der Waals surface area contributed by atoms with E-state index in [-0.39, 0.29) is 17.0 Å². The molecule has 3 aromatic rings. The fraction of sp³-hybridized carbons (Fsp3) is 0.304. The quantitative estimate of drug-likeness (QED) is 0.717. The van der Waals surface area contributed by atoms with Gasteiger partial charge in [-0.25, -0.2) is 9.18 Å². The van der Waals surface area contributed by atoms with Gasteiger partial charge in [-0.05, 0) is 37.1 Å². The number of pyridine rings is 1. The fourth-order valence-corrected chi connectivity index (χ4v) is 4.25. The first-order valence-electron chi connectivity index (χ1n) is 10.2. The molecular weight excluding hydrogens is 385 g/mol. The minimum Gasteiger partial charge on any atom is -0.477 e. The number of aromatic nitrogens is 1. The highest BCUT2D eigenvalue weighted by Gasteiger charge is 2.28. The van der Waals surface area contributed by atoms with Gasteiger partial charge >= 0.3 is 5.97 Å². The van der Waals surface area contributed by atoms with Crippen molar-refractivity contribution in [2.24, 2.45) is 0 Å². The molecule has 0 atom stereocenters.